The first-order chi connectivity index (χ1) is 7.70. The van der Waals surface area contributed by atoms with Gasteiger partial charge in [-0.1, -0.05) is 23.2 Å². The summed E-state index contributed by atoms with van der Waals surface area (Å²) in [6.45, 7) is 1.48. The van der Waals surface area contributed by atoms with Gasteiger partial charge in [-0.15, -0.1) is 0 Å². The van der Waals surface area contributed by atoms with Gasteiger partial charge in [0.25, 0.3) is 5.91 Å². The SMILES string of the molecule is O=C(c1c(Cl)ccnc1Cl)N1CCSCC1. The van der Waals surface area contributed by atoms with Crippen LogP contribution in [0.4, 0.5) is 0 Å². The highest BCUT2D eigenvalue weighted by Gasteiger charge is 2.23. The molecule has 1 amide bonds. The predicted octanol–water partition coefficient (Wildman–Crippen LogP) is 2.58. The van der Waals surface area contributed by atoms with Crippen molar-refractivity contribution in [3.8, 4) is 0 Å². The fraction of sp³-hybridized carbons (Fsp3) is 0.400. The summed E-state index contributed by atoms with van der Waals surface area (Å²) in [5.41, 5.74) is 0.317. The number of nitrogens with zero attached hydrogens (tertiary/aromatic N) is 2. The highest BCUT2D eigenvalue weighted by Crippen LogP contribution is 2.24. The molecule has 1 aliphatic rings. The topological polar surface area (TPSA) is 33.2 Å². The number of rotatable bonds is 1. The molecular formula is C10H10Cl2N2OS. The van der Waals surface area contributed by atoms with E-state index in [0.717, 1.165) is 24.6 Å². The number of thioether (sulfide) groups is 1. The molecule has 1 aromatic rings. The molecule has 0 atom stereocenters. The zero-order valence-corrected chi connectivity index (χ0v) is 10.8. The van der Waals surface area contributed by atoms with Crippen LogP contribution >= 0.6 is 35.0 Å². The van der Waals surface area contributed by atoms with Crippen molar-refractivity contribution in [2.45, 2.75) is 0 Å². The number of amides is 1. The Morgan fingerprint density at radius 3 is 2.69 bits per heavy atom. The predicted molar refractivity (Wildman–Crippen MR) is 67.5 cm³/mol. The Hall–Kier alpha value is -0.450. The molecule has 0 spiro atoms. The van der Waals surface area contributed by atoms with Crippen LogP contribution in [0.1, 0.15) is 10.4 Å². The highest BCUT2D eigenvalue weighted by atomic mass is 35.5. The van der Waals surface area contributed by atoms with E-state index in [1.165, 1.54) is 6.20 Å². The van der Waals surface area contributed by atoms with Gasteiger partial charge in [0.05, 0.1) is 10.6 Å². The van der Waals surface area contributed by atoms with Crippen molar-refractivity contribution in [3.63, 3.8) is 0 Å². The van der Waals surface area contributed by atoms with Crippen LogP contribution in [-0.4, -0.2) is 40.4 Å². The van der Waals surface area contributed by atoms with E-state index in [9.17, 15) is 4.79 Å². The minimum absolute atomic E-state index is 0.122. The number of carbonyl (C=O) groups is 1. The Morgan fingerprint density at radius 2 is 2.06 bits per heavy atom. The molecule has 3 nitrogen and oxygen atoms in total. The van der Waals surface area contributed by atoms with Crippen LogP contribution in [-0.2, 0) is 0 Å². The largest absolute Gasteiger partial charge is 0.337 e. The second-order valence-corrected chi connectivity index (χ2v) is 5.35. The fourth-order valence-electron chi connectivity index (χ4n) is 1.53. The average molecular weight is 277 g/mol. The van der Waals surface area contributed by atoms with Crippen LogP contribution in [0.25, 0.3) is 0 Å². The molecule has 16 heavy (non-hydrogen) atoms. The lowest BCUT2D eigenvalue weighted by Crippen LogP contribution is -2.38. The first-order valence-corrected chi connectivity index (χ1v) is 6.78. The Balaban J connectivity index is 2.26. The maximum absolute atomic E-state index is 12.1. The number of hydrogen-bond donors (Lipinski definition) is 0. The molecule has 1 fully saturated rings. The van der Waals surface area contributed by atoms with Gasteiger partial charge in [-0.3, -0.25) is 4.79 Å². The van der Waals surface area contributed by atoms with Gasteiger partial charge in [-0.2, -0.15) is 11.8 Å². The van der Waals surface area contributed by atoms with E-state index in [-0.39, 0.29) is 11.1 Å². The molecule has 1 aromatic heterocycles. The van der Waals surface area contributed by atoms with Gasteiger partial charge in [0, 0.05) is 30.8 Å². The standard InChI is InChI=1S/C10H10Cl2N2OS/c11-7-1-2-13-9(12)8(7)10(15)14-3-5-16-6-4-14/h1-2H,3-6H2. The van der Waals surface area contributed by atoms with Crippen molar-refractivity contribution in [1.82, 2.24) is 9.88 Å². The van der Waals surface area contributed by atoms with Crippen LogP contribution in [0, 0.1) is 0 Å². The van der Waals surface area contributed by atoms with Gasteiger partial charge in [0.1, 0.15) is 5.15 Å². The monoisotopic (exact) mass is 276 g/mol. The summed E-state index contributed by atoms with van der Waals surface area (Å²) in [4.78, 5) is 17.8. The van der Waals surface area contributed by atoms with Crippen molar-refractivity contribution in [3.05, 3.63) is 28.0 Å². The molecule has 0 unspecified atom stereocenters. The maximum atomic E-state index is 12.1. The average Bonchev–Trinajstić information content (AvgIpc) is 2.30. The molecule has 0 aromatic carbocycles. The molecule has 1 saturated heterocycles. The zero-order chi connectivity index (χ0) is 11.5. The lowest BCUT2D eigenvalue weighted by Gasteiger charge is -2.26. The highest BCUT2D eigenvalue weighted by molar-refractivity contribution is 7.99. The first-order valence-electron chi connectivity index (χ1n) is 4.87. The minimum atomic E-state index is -0.122. The van der Waals surface area contributed by atoms with Crippen molar-refractivity contribution in [1.29, 1.82) is 0 Å². The summed E-state index contributed by atoms with van der Waals surface area (Å²) in [5.74, 6) is 1.80. The molecule has 0 saturated carbocycles. The lowest BCUT2D eigenvalue weighted by atomic mass is 10.2. The van der Waals surface area contributed by atoms with Gasteiger partial charge >= 0.3 is 0 Å². The Labute approximate surface area is 108 Å². The van der Waals surface area contributed by atoms with E-state index in [4.69, 9.17) is 23.2 Å². The molecule has 0 aliphatic carbocycles. The van der Waals surface area contributed by atoms with Crippen molar-refractivity contribution in [2.24, 2.45) is 0 Å². The number of pyridine rings is 1. The van der Waals surface area contributed by atoms with Crippen molar-refractivity contribution >= 4 is 40.9 Å². The van der Waals surface area contributed by atoms with E-state index < -0.39 is 0 Å². The molecule has 0 bridgehead atoms. The number of carbonyl (C=O) groups excluding carboxylic acids is 1. The number of aromatic nitrogens is 1. The van der Waals surface area contributed by atoms with E-state index in [1.54, 1.807) is 11.0 Å². The minimum Gasteiger partial charge on any atom is -0.337 e. The summed E-state index contributed by atoms with van der Waals surface area (Å²) in [6.07, 6.45) is 1.49. The van der Waals surface area contributed by atoms with Crippen LogP contribution in [0.15, 0.2) is 12.3 Å². The van der Waals surface area contributed by atoms with Crippen LogP contribution in [0.5, 0.6) is 0 Å². The molecule has 86 valence electrons. The number of halogens is 2. The summed E-state index contributed by atoms with van der Waals surface area (Å²) in [5, 5.41) is 0.541. The Kier molecular flexibility index (Phi) is 3.95. The molecule has 2 rings (SSSR count). The fourth-order valence-corrected chi connectivity index (χ4v) is 2.95. The molecule has 0 N–H and O–H groups in total. The second-order valence-electron chi connectivity index (χ2n) is 3.36. The normalized spacial score (nSPS) is 16.2. The molecule has 2 heterocycles. The molecule has 6 heteroatoms. The Morgan fingerprint density at radius 1 is 1.38 bits per heavy atom. The third kappa shape index (κ3) is 2.44. The van der Waals surface area contributed by atoms with Crippen molar-refractivity contribution in [2.75, 3.05) is 24.6 Å². The third-order valence-corrected chi connectivity index (χ3v) is 3.91. The van der Waals surface area contributed by atoms with E-state index in [1.807, 2.05) is 11.8 Å². The van der Waals surface area contributed by atoms with Gasteiger partial charge in [-0.05, 0) is 6.07 Å². The van der Waals surface area contributed by atoms with Gasteiger partial charge in [0.2, 0.25) is 0 Å². The van der Waals surface area contributed by atoms with Gasteiger partial charge in [0.15, 0.2) is 0 Å². The van der Waals surface area contributed by atoms with Crippen LogP contribution < -0.4 is 0 Å². The molecule has 0 radical (unpaired) electrons. The van der Waals surface area contributed by atoms with Crippen molar-refractivity contribution < 1.29 is 4.79 Å². The third-order valence-electron chi connectivity index (χ3n) is 2.37. The second kappa shape index (κ2) is 5.25. The quantitative estimate of drug-likeness (QED) is 0.740. The smallest absolute Gasteiger partial charge is 0.258 e. The zero-order valence-electron chi connectivity index (χ0n) is 8.45. The summed E-state index contributed by atoms with van der Waals surface area (Å²) >= 11 is 13.7. The number of hydrogen-bond acceptors (Lipinski definition) is 3. The Bertz CT molecular complexity index is 388. The maximum Gasteiger partial charge on any atom is 0.258 e. The van der Waals surface area contributed by atoms with Gasteiger partial charge < -0.3 is 4.90 Å². The lowest BCUT2D eigenvalue weighted by molar-refractivity contribution is 0.0772. The molecular weight excluding hydrogens is 267 g/mol. The summed E-state index contributed by atoms with van der Waals surface area (Å²) in [6, 6.07) is 1.58. The first kappa shape index (κ1) is 12.0. The summed E-state index contributed by atoms with van der Waals surface area (Å²) < 4.78 is 0. The van der Waals surface area contributed by atoms with E-state index in [2.05, 4.69) is 4.98 Å². The molecule has 1 aliphatic heterocycles. The van der Waals surface area contributed by atoms with E-state index >= 15 is 0 Å². The van der Waals surface area contributed by atoms with Gasteiger partial charge in [-0.25, -0.2) is 4.98 Å². The summed E-state index contributed by atoms with van der Waals surface area (Å²) in [7, 11) is 0. The van der Waals surface area contributed by atoms with Crippen LogP contribution in [0.3, 0.4) is 0 Å². The van der Waals surface area contributed by atoms with Crippen LogP contribution in [0.2, 0.25) is 10.2 Å². The van der Waals surface area contributed by atoms with E-state index in [0.29, 0.717) is 10.6 Å².